The van der Waals surface area contributed by atoms with Crippen molar-refractivity contribution in [1.82, 2.24) is 15.2 Å². The van der Waals surface area contributed by atoms with Gasteiger partial charge in [0.25, 0.3) is 0 Å². The van der Waals surface area contributed by atoms with Crippen molar-refractivity contribution in [2.75, 3.05) is 6.54 Å². The molecule has 1 unspecified atom stereocenters. The summed E-state index contributed by atoms with van der Waals surface area (Å²) in [6.07, 6.45) is 1.18. The molecule has 2 rings (SSSR count). The molecule has 2 aromatic rings. The second kappa shape index (κ2) is 5.96. The maximum atomic E-state index is 11.5. The summed E-state index contributed by atoms with van der Waals surface area (Å²) in [6, 6.07) is 7.69. The summed E-state index contributed by atoms with van der Waals surface area (Å²) in [5, 5.41) is 16.7. The fourth-order valence-electron chi connectivity index (χ4n) is 2.25. The lowest BCUT2D eigenvalue weighted by Gasteiger charge is -2.13. The monoisotopic (exact) mass is 275 g/mol. The summed E-state index contributed by atoms with van der Waals surface area (Å²) in [4.78, 5) is 11.5. The smallest absolute Gasteiger partial charge is 0.315 e. The Morgan fingerprint density at radius 3 is 2.75 bits per heavy atom. The fraction of sp³-hybridized carbons (Fsp3) is 0.400. The van der Waals surface area contributed by atoms with Crippen LogP contribution in [0.5, 0.6) is 0 Å². The van der Waals surface area contributed by atoms with E-state index < -0.39 is 6.10 Å². The standard InChI is InChI=1S/C15H21N3O2/c1-10(2)17-15(20)16-8-14(19)12-9-18(3)13-7-5-4-6-11(12)13/h4-7,9-10,14,19H,8H2,1-3H3,(H2,16,17,20). The van der Waals surface area contributed by atoms with Gasteiger partial charge < -0.3 is 20.3 Å². The normalized spacial score (nSPS) is 12.7. The summed E-state index contributed by atoms with van der Waals surface area (Å²) in [7, 11) is 1.94. The lowest BCUT2D eigenvalue weighted by Crippen LogP contribution is -2.41. The van der Waals surface area contributed by atoms with Crippen molar-refractivity contribution in [3.05, 3.63) is 36.0 Å². The van der Waals surface area contributed by atoms with Crippen LogP contribution in [0.15, 0.2) is 30.5 Å². The largest absolute Gasteiger partial charge is 0.386 e. The molecule has 5 nitrogen and oxygen atoms in total. The van der Waals surface area contributed by atoms with E-state index in [9.17, 15) is 9.90 Å². The Kier molecular flexibility index (Phi) is 4.29. The fourth-order valence-corrected chi connectivity index (χ4v) is 2.25. The van der Waals surface area contributed by atoms with Crippen molar-refractivity contribution < 1.29 is 9.90 Å². The molecule has 0 spiro atoms. The summed E-state index contributed by atoms with van der Waals surface area (Å²) < 4.78 is 1.97. The van der Waals surface area contributed by atoms with Gasteiger partial charge in [0.1, 0.15) is 0 Å². The minimum atomic E-state index is -0.723. The van der Waals surface area contributed by atoms with E-state index in [1.165, 1.54) is 0 Å². The predicted molar refractivity (Wildman–Crippen MR) is 79.5 cm³/mol. The quantitative estimate of drug-likeness (QED) is 0.798. The number of nitrogens with zero attached hydrogens (tertiary/aromatic N) is 1. The number of hydrogen-bond donors (Lipinski definition) is 3. The maximum absolute atomic E-state index is 11.5. The van der Waals surface area contributed by atoms with Crippen molar-refractivity contribution in [1.29, 1.82) is 0 Å². The lowest BCUT2D eigenvalue weighted by molar-refractivity contribution is 0.174. The highest BCUT2D eigenvalue weighted by molar-refractivity contribution is 5.84. The molecule has 0 radical (unpaired) electrons. The van der Waals surface area contributed by atoms with Gasteiger partial charge >= 0.3 is 6.03 Å². The van der Waals surface area contributed by atoms with E-state index in [-0.39, 0.29) is 18.6 Å². The molecule has 0 fully saturated rings. The van der Waals surface area contributed by atoms with Crippen LogP contribution in [0.3, 0.4) is 0 Å². The number of para-hydroxylation sites is 1. The van der Waals surface area contributed by atoms with E-state index >= 15 is 0 Å². The SMILES string of the molecule is CC(C)NC(=O)NCC(O)c1cn(C)c2ccccc12. The van der Waals surface area contributed by atoms with Gasteiger partial charge in [-0.2, -0.15) is 0 Å². The van der Waals surface area contributed by atoms with Crippen LogP contribution in [0.4, 0.5) is 4.79 Å². The van der Waals surface area contributed by atoms with Crippen molar-refractivity contribution >= 4 is 16.9 Å². The summed E-state index contributed by atoms with van der Waals surface area (Å²) in [5.41, 5.74) is 1.89. The summed E-state index contributed by atoms with van der Waals surface area (Å²) >= 11 is 0. The topological polar surface area (TPSA) is 66.3 Å². The van der Waals surface area contributed by atoms with Gasteiger partial charge in [0.15, 0.2) is 0 Å². The third-order valence-electron chi connectivity index (χ3n) is 3.16. The number of rotatable bonds is 4. The number of aromatic nitrogens is 1. The summed E-state index contributed by atoms with van der Waals surface area (Å²) in [5.74, 6) is 0. The molecule has 3 N–H and O–H groups in total. The number of aliphatic hydroxyl groups excluding tert-OH is 1. The van der Waals surface area contributed by atoms with Crippen LogP contribution in [0.25, 0.3) is 10.9 Å². The van der Waals surface area contributed by atoms with E-state index in [2.05, 4.69) is 10.6 Å². The third kappa shape index (κ3) is 3.11. The number of fused-ring (bicyclic) bond motifs is 1. The molecule has 0 saturated carbocycles. The van der Waals surface area contributed by atoms with Crippen LogP contribution in [0.2, 0.25) is 0 Å². The molecule has 1 aromatic heterocycles. The number of amides is 2. The third-order valence-corrected chi connectivity index (χ3v) is 3.16. The van der Waals surface area contributed by atoms with Gasteiger partial charge in [0, 0.05) is 42.3 Å². The van der Waals surface area contributed by atoms with Crippen molar-refractivity contribution in [2.45, 2.75) is 26.0 Å². The van der Waals surface area contributed by atoms with Crippen LogP contribution in [0, 0.1) is 0 Å². The van der Waals surface area contributed by atoms with Gasteiger partial charge in [0.2, 0.25) is 0 Å². The number of nitrogens with one attached hydrogen (secondary N) is 2. The van der Waals surface area contributed by atoms with Crippen LogP contribution in [0.1, 0.15) is 25.5 Å². The highest BCUT2D eigenvalue weighted by Gasteiger charge is 2.15. The minimum absolute atomic E-state index is 0.0738. The number of aryl methyl sites for hydroxylation is 1. The van der Waals surface area contributed by atoms with E-state index in [0.717, 1.165) is 16.5 Å². The molecule has 1 heterocycles. The van der Waals surface area contributed by atoms with Gasteiger partial charge in [-0.15, -0.1) is 0 Å². The Labute approximate surface area is 118 Å². The molecular formula is C15H21N3O2. The van der Waals surface area contributed by atoms with Crippen molar-refractivity contribution in [3.8, 4) is 0 Å². The molecule has 1 atom stereocenters. The van der Waals surface area contributed by atoms with Crippen LogP contribution >= 0.6 is 0 Å². The average Bonchev–Trinajstić information content (AvgIpc) is 2.73. The molecule has 0 aliphatic heterocycles. The molecule has 0 aliphatic carbocycles. The van der Waals surface area contributed by atoms with E-state index in [4.69, 9.17) is 0 Å². The van der Waals surface area contributed by atoms with Crippen LogP contribution in [-0.4, -0.2) is 28.3 Å². The van der Waals surface area contributed by atoms with Gasteiger partial charge in [-0.3, -0.25) is 0 Å². The number of hydrogen-bond acceptors (Lipinski definition) is 2. The minimum Gasteiger partial charge on any atom is -0.386 e. The zero-order valence-corrected chi connectivity index (χ0v) is 12.1. The van der Waals surface area contributed by atoms with Gasteiger partial charge in [-0.1, -0.05) is 18.2 Å². The van der Waals surface area contributed by atoms with Crippen molar-refractivity contribution in [3.63, 3.8) is 0 Å². The molecule has 1 aromatic carbocycles. The first kappa shape index (κ1) is 14.4. The maximum Gasteiger partial charge on any atom is 0.315 e. The molecule has 0 aliphatic rings. The number of carbonyl (C=O) groups is 1. The molecule has 5 heteroatoms. The van der Waals surface area contributed by atoms with Crippen LogP contribution < -0.4 is 10.6 Å². The number of aliphatic hydroxyl groups is 1. The highest BCUT2D eigenvalue weighted by atomic mass is 16.3. The first-order chi connectivity index (χ1) is 9.49. The van der Waals surface area contributed by atoms with E-state index in [1.54, 1.807) is 0 Å². The van der Waals surface area contributed by atoms with Crippen LogP contribution in [-0.2, 0) is 7.05 Å². The zero-order valence-electron chi connectivity index (χ0n) is 12.1. The van der Waals surface area contributed by atoms with E-state index in [1.807, 2.05) is 55.9 Å². The number of carbonyl (C=O) groups excluding carboxylic acids is 1. The first-order valence-electron chi connectivity index (χ1n) is 6.75. The molecule has 108 valence electrons. The Bertz CT molecular complexity index is 604. The first-order valence-corrected chi connectivity index (χ1v) is 6.75. The Morgan fingerprint density at radius 1 is 1.35 bits per heavy atom. The van der Waals surface area contributed by atoms with Gasteiger partial charge in [-0.05, 0) is 19.9 Å². The highest BCUT2D eigenvalue weighted by Crippen LogP contribution is 2.25. The molecular weight excluding hydrogens is 254 g/mol. The second-order valence-electron chi connectivity index (χ2n) is 5.24. The average molecular weight is 275 g/mol. The van der Waals surface area contributed by atoms with Gasteiger partial charge in [-0.25, -0.2) is 4.79 Å². The van der Waals surface area contributed by atoms with E-state index in [0.29, 0.717) is 0 Å². The molecule has 0 saturated heterocycles. The molecule has 20 heavy (non-hydrogen) atoms. The Morgan fingerprint density at radius 2 is 2.05 bits per heavy atom. The summed E-state index contributed by atoms with van der Waals surface area (Å²) in [6.45, 7) is 3.97. The Hall–Kier alpha value is -2.01. The molecule has 2 amide bonds. The number of urea groups is 1. The predicted octanol–water partition coefficient (Wildman–Crippen LogP) is 1.92. The lowest BCUT2D eigenvalue weighted by atomic mass is 10.1. The number of benzene rings is 1. The Balaban J connectivity index is 2.08. The second-order valence-corrected chi connectivity index (χ2v) is 5.24. The zero-order chi connectivity index (χ0) is 14.7. The molecule has 0 bridgehead atoms. The van der Waals surface area contributed by atoms with Crippen molar-refractivity contribution in [2.24, 2.45) is 7.05 Å². The van der Waals surface area contributed by atoms with Gasteiger partial charge in [0.05, 0.1) is 6.10 Å².